The van der Waals surface area contributed by atoms with E-state index in [1.54, 1.807) is 6.20 Å². The first-order chi connectivity index (χ1) is 9.25. The van der Waals surface area contributed by atoms with E-state index >= 15 is 0 Å². The van der Waals surface area contributed by atoms with Crippen LogP contribution in [0.5, 0.6) is 0 Å². The van der Waals surface area contributed by atoms with Crippen molar-refractivity contribution in [2.45, 2.75) is 44.3 Å². The molecule has 0 saturated heterocycles. The third-order valence-electron chi connectivity index (χ3n) is 2.68. The number of carbonyl (C=O) groups is 2. The van der Waals surface area contributed by atoms with Crippen molar-refractivity contribution < 1.29 is 19.4 Å². The molecule has 0 amide bonds. The summed E-state index contributed by atoms with van der Waals surface area (Å²) in [6, 6.07) is 0. The molecule has 7 heteroatoms. The second-order valence-electron chi connectivity index (χ2n) is 5.34. The first kappa shape index (κ1) is 16.6. The van der Waals surface area contributed by atoms with Crippen molar-refractivity contribution in [1.29, 1.82) is 0 Å². The first-order valence-electron chi connectivity index (χ1n) is 6.23. The lowest BCUT2D eigenvalue weighted by Gasteiger charge is -2.21. The quantitative estimate of drug-likeness (QED) is 0.638. The van der Waals surface area contributed by atoms with E-state index in [1.165, 1.54) is 7.11 Å². The lowest BCUT2D eigenvalue weighted by atomic mass is 9.92. The van der Waals surface area contributed by atoms with Gasteiger partial charge in [0, 0.05) is 23.9 Å². The number of thioether (sulfide) groups is 1. The van der Waals surface area contributed by atoms with Crippen LogP contribution in [0.25, 0.3) is 0 Å². The molecule has 0 fully saturated rings. The van der Waals surface area contributed by atoms with E-state index in [0.717, 1.165) is 17.5 Å². The van der Waals surface area contributed by atoms with E-state index in [0.29, 0.717) is 11.7 Å². The van der Waals surface area contributed by atoms with E-state index in [1.807, 2.05) is 25.3 Å². The Bertz CT molecular complexity index is 491. The van der Waals surface area contributed by atoms with Gasteiger partial charge in [-0.05, 0) is 0 Å². The molecule has 0 saturated carbocycles. The fourth-order valence-corrected chi connectivity index (χ4v) is 2.45. The summed E-state index contributed by atoms with van der Waals surface area (Å²) < 4.78 is 6.53. The summed E-state index contributed by atoms with van der Waals surface area (Å²) >= 11 is 1.15. The average Bonchev–Trinajstić information content (AvgIpc) is 2.76. The summed E-state index contributed by atoms with van der Waals surface area (Å²) in [5, 5.41) is 9.37. The minimum absolute atomic E-state index is 0.0567. The molecule has 0 aliphatic heterocycles. The molecule has 6 nitrogen and oxygen atoms in total. The highest BCUT2D eigenvalue weighted by molar-refractivity contribution is 7.99. The van der Waals surface area contributed by atoms with Gasteiger partial charge in [0.25, 0.3) is 0 Å². The monoisotopic (exact) mass is 300 g/mol. The number of esters is 1. The average molecular weight is 300 g/mol. The van der Waals surface area contributed by atoms with Gasteiger partial charge >= 0.3 is 11.9 Å². The van der Waals surface area contributed by atoms with E-state index in [-0.39, 0.29) is 23.6 Å². The highest BCUT2D eigenvalue weighted by atomic mass is 32.2. The molecule has 0 unspecified atom stereocenters. The second-order valence-corrected chi connectivity index (χ2v) is 6.28. The number of imidazole rings is 1. The summed E-state index contributed by atoms with van der Waals surface area (Å²) in [6.45, 7) is 6.57. The van der Waals surface area contributed by atoms with Gasteiger partial charge in [0.05, 0.1) is 19.3 Å². The van der Waals surface area contributed by atoms with Gasteiger partial charge in [0.15, 0.2) is 5.16 Å². The highest BCUT2D eigenvalue weighted by Gasteiger charge is 2.22. The summed E-state index contributed by atoms with van der Waals surface area (Å²) in [5.41, 5.74) is 0.833. The predicted molar refractivity (Wildman–Crippen MR) is 75.9 cm³/mol. The Kier molecular flexibility index (Phi) is 5.62. The van der Waals surface area contributed by atoms with Crippen LogP contribution in [0.3, 0.4) is 0 Å². The van der Waals surface area contributed by atoms with Crippen LogP contribution in [0.4, 0.5) is 0 Å². The van der Waals surface area contributed by atoms with Crippen molar-refractivity contribution in [3.8, 4) is 0 Å². The summed E-state index contributed by atoms with van der Waals surface area (Å²) in [4.78, 5) is 26.2. The number of aliphatic carboxylic acids is 1. The molecule has 0 aliphatic carbocycles. The molecule has 112 valence electrons. The maximum Gasteiger partial charge on any atom is 0.313 e. The number of nitrogens with zero attached hydrogens (tertiary/aromatic N) is 2. The predicted octanol–water partition coefficient (Wildman–Crippen LogP) is 1.92. The Morgan fingerprint density at radius 3 is 2.60 bits per heavy atom. The van der Waals surface area contributed by atoms with Crippen LogP contribution >= 0.6 is 11.8 Å². The Morgan fingerprint density at radius 1 is 1.45 bits per heavy atom. The van der Waals surface area contributed by atoms with Gasteiger partial charge in [-0.3, -0.25) is 9.59 Å². The fraction of sp³-hybridized carbons (Fsp3) is 0.615. The molecule has 0 atom stereocenters. The van der Waals surface area contributed by atoms with Crippen molar-refractivity contribution >= 4 is 23.7 Å². The SMILES string of the molecule is COC(=O)CCn1c(C(C)(C)C)cnc1SCC(=O)O. The summed E-state index contributed by atoms with van der Waals surface area (Å²) in [7, 11) is 1.35. The molecule has 1 aromatic heterocycles. The minimum atomic E-state index is -0.894. The zero-order chi connectivity index (χ0) is 15.3. The second kappa shape index (κ2) is 6.78. The number of hydrogen-bond acceptors (Lipinski definition) is 5. The molecule has 0 radical (unpaired) electrons. The van der Waals surface area contributed by atoms with Gasteiger partial charge in [-0.2, -0.15) is 0 Å². The number of hydrogen-bond donors (Lipinski definition) is 1. The number of carboxylic acids is 1. The Morgan fingerprint density at radius 2 is 2.10 bits per heavy atom. The third kappa shape index (κ3) is 4.56. The molecule has 1 N–H and O–H groups in total. The van der Waals surface area contributed by atoms with Crippen LogP contribution in [0.15, 0.2) is 11.4 Å². The highest BCUT2D eigenvalue weighted by Crippen LogP contribution is 2.27. The summed E-state index contributed by atoms with van der Waals surface area (Å²) in [5.74, 6) is -1.25. The van der Waals surface area contributed by atoms with Gasteiger partial charge in [-0.1, -0.05) is 32.5 Å². The zero-order valence-electron chi connectivity index (χ0n) is 12.2. The largest absolute Gasteiger partial charge is 0.481 e. The molecule has 0 aliphatic rings. The number of rotatable bonds is 6. The normalized spacial score (nSPS) is 11.4. The van der Waals surface area contributed by atoms with E-state index < -0.39 is 5.97 Å². The van der Waals surface area contributed by atoms with Crippen LogP contribution < -0.4 is 0 Å². The van der Waals surface area contributed by atoms with Crippen LogP contribution in [0, 0.1) is 0 Å². The van der Waals surface area contributed by atoms with Crippen molar-refractivity contribution in [2.24, 2.45) is 0 Å². The molecular formula is C13H20N2O4S. The lowest BCUT2D eigenvalue weighted by Crippen LogP contribution is -2.19. The van der Waals surface area contributed by atoms with Gasteiger partial charge < -0.3 is 14.4 Å². The fourth-order valence-electron chi connectivity index (χ4n) is 1.72. The van der Waals surface area contributed by atoms with Crippen LogP contribution in [-0.2, 0) is 26.3 Å². The van der Waals surface area contributed by atoms with Crippen molar-refractivity contribution in [2.75, 3.05) is 12.9 Å². The van der Waals surface area contributed by atoms with Crippen molar-refractivity contribution in [1.82, 2.24) is 9.55 Å². The van der Waals surface area contributed by atoms with E-state index in [9.17, 15) is 9.59 Å². The number of methoxy groups -OCH3 is 1. The molecule has 0 bridgehead atoms. The number of ether oxygens (including phenoxy) is 1. The minimum Gasteiger partial charge on any atom is -0.481 e. The van der Waals surface area contributed by atoms with Crippen LogP contribution in [0.2, 0.25) is 0 Å². The van der Waals surface area contributed by atoms with Gasteiger partial charge in [-0.15, -0.1) is 0 Å². The standard InChI is InChI=1S/C13H20N2O4S/c1-13(2,3)9-7-14-12(20-8-10(16)17)15(9)6-5-11(18)19-4/h7H,5-6,8H2,1-4H3,(H,16,17). The topological polar surface area (TPSA) is 81.4 Å². The third-order valence-corrected chi connectivity index (χ3v) is 3.65. The molecule has 1 aromatic rings. The van der Waals surface area contributed by atoms with Gasteiger partial charge in [-0.25, -0.2) is 4.98 Å². The van der Waals surface area contributed by atoms with Crippen LogP contribution in [0.1, 0.15) is 32.9 Å². The van der Waals surface area contributed by atoms with E-state index in [4.69, 9.17) is 5.11 Å². The lowest BCUT2D eigenvalue weighted by molar-refractivity contribution is -0.141. The van der Waals surface area contributed by atoms with Gasteiger partial charge in [0.2, 0.25) is 0 Å². The Balaban J connectivity index is 2.96. The molecule has 1 rings (SSSR count). The van der Waals surface area contributed by atoms with Crippen LogP contribution in [-0.4, -0.2) is 39.5 Å². The van der Waals surface area contributed by atoms with E-state index in [2.05, 4.69) is 9.72 Å². The molecular weight excluding hydrogens is 280 g/mol. The summed E-state index contributed by atoms with van der Waals surface area (Å²) in [6.07, 6.45) is 1.97. The number of carbonyl (C=O) groups excluding carboxylic acids is 1. The molecule has 0 spiro atoms. The Labute approximate surface area is 122 Å². The number of aromatic nitrogens is 2. The first-order valence-corrected chi connectivity index (χ1v) is 7.21. The smallest absolute Gasteiger partial charge is 0.313 e. The maximum atomic E-state index is 11.3. The molecule has 20 heavy (non-hydrogen) atoms. The Hall–Kier alpha value is -1.50. The van der Waals surface area contributed by atoms with Crippen molar-refractivity contribution in [3.63, 3.8) is 0 Å². The zero-order valence-corrected chi connectivity index (χ0v) is 13.0. The molecule has 0 aromatic carbocycles. The maximum absolute atomic E-state index is 11.3. The molecule has 1 heterocycles. The van der Waals surface area contributed by atoms with Crippen molar-refractivity contribution in [3.05, 3.63) is 11.9 Å². The number of carboxylic acid groups (broad SMARTS) is 1. The van der Waals surface area contributed by atoms with Gasteiger partial charge in [0.1, 0.15) is 0 Å².